The zero-order valence-electron chi connectivity index (χ0n) is 33.4. The summed E-state index contributed by atoms with van der Waals surface area (Å²) in [6.45, 7) is 0. The zero-order valence-corrected chi connectivity index (χ0v) is 33.4. The lowest BCUT2D eigenvalue weighted by Crippen LogP contribution is -1.96. The molecule has 2 aromatic heterocycles. The molecule has 3 heteroatoms. The molecule has 0 bridgehead atoms. The molecule has 0 saturated carbocycles. The number of hydrogen-bond donors (Lipinski definition) is 0. The highest BCUT2D eigenvalue weighted by molar-refractivity contribution is 6.14. The van der Waals surface area contributed by atoms with Gasteiger partial charge in [0.2, 0.25) is 0 Å². The third-order valence-corrected chi connectivity index (χ3v) is 11.6. The van der Waals surface area contributed by atoms with E-state index in [4.69, 9.17) is 9.97 Å². The lowest BCUT2D eigenvalue weighted by molar-refractivity contribution is 1.18. The molecule has 0 spiro atoms. The van der Waals surface area contributed by atoms with E-state index in [9.17, 15) is 0 Å². The van der Waals surface area contributed by atoms with Crippen molar-refractivity contribution in [3.8, 4) is 84.1 Å². The van der Waals surface area contributed by atoms with E-state index in [0.717, 1.165) is 44.9 Å². The summed E-state index contributed by atoms with van der Waals surface area (Å²) in [6, 6.07) is 84.1. The van der Waals surface area contributed by atoms with E-state index in [0.29, 0.717) is 5.82 Å². The third-order valence-electron chi connectivity index (χ3n) is 11.6. The number of hydrogen-bond acceptors (Lipinski definition) is 2. The topological polar surface area (TPSA) is 30.7 Å². The van der Waals surface area contributed by atoms with Crippen LogP contribution in [0, 0.1) is 0 Å². The van der Waals surface area contributed by atoms with Gasteiger partial charge < -0.3 is 4.57 Å². The Morgan fingerprint density at radius 3 is 1.34 bits per heavy atom. The van der Waals surface area contributed by atoms with E-state index in [1.54, 1.807) is 0 Å². The smallest absolute Gasteiger partial charge is 0.160 e. The molecule has 9 aromatic carbocycles. The molecule has 0 N–H and O–H groups in total. The highest BCUT2D eigenvalue weighted by atomic mass is 15.0. The van der Waals surface area contributed by atoms with Gasteiger partial charge in [-0.3, -0.25) is 0 Å². The quantitative estimate of drug-likeness (QED) is 0.154. The minimum atomic E-state index is 0.706. The Hall–Kier alpha value is -8.14. The van der Waals surface area contributed by atoms with Gasteiger partial charge in [0.25, 0.3) is 0 Å². The second-order valence-electron chi connectivity index (χ2n) is 15.4. The molecule has 0 fully saturated rings. The SMILES string of the molecule is c1ccc(-c2ccc(-c3cc(-c4ccc(-c5cccc(-c6ccc7c(c6)c6cccc(-c8ccccc8)c6n7-c6ccccc6)c5)cc4)nc(-c4ccccc4)n3)cc2)cc1. The van der Waals surface area contributed by atoms with Crippen molar-refractivity contribution in [2.24, 2.45) is 0 Å². The maximum atomic E-state index is 5.10. The third kappa shape index (κ3) is 6.88. The molecule has 61 heavy (non-hydrogen) atoms. The number of rotatable bonds is 8. The maximum Gasteiger partial charge on any atom is 0.160 e. The van der Waals surface area contributed by atoms with E-state index >= 15 is 0 Å². The minimum absolute atomic E-state index is 0.706. The highest BCUT2D eigenvalue weighted by Gasteiger charge is 2.18. The van der Waals surface area contributed by atoms with Gasteiger partial charge >= 0.3 is 0 Å². The monoisotopic (exact) mass is 777 g/mol. The first kappa shape index (κ1) is 36.0. The molecule has 2 heterocycles. The molecule has 0 saturated heterocycles. The average molecular weight is 778 g/mol. The Bertz CT molecular complexity index is 3300. The van der Waals surface area contributed by atoms with Gasteiger partial charge in [0.05, 0.1) is 22.4 Å². The van der Waals surface area contributed by atoms with Gasteiger partial charge in [0.15, 0.2) is 5.82 Å². The predicted molar refractivity (Wildman–Crippen MR) is 254 cm³/mol. The second kappa shape index (κ2) is 15.6. The fraction of sp³-hybridized carbons (Fsp3) is 0. The minimum Gasteiger partial charge on any atom is -0.309 e. The van der Waals surface area contributed by atoms with Gasteiger partial charge in [-0.25, -0.2) is 9.97 Å². The van der Waals surface area contributed by atoms with Crippen molar-refractivity contribution in [2.75, 3.05) is 0 Å². The molecular weight excluding hydrogens is 739 g/mol. The van der Waals surface area contributed by atoms with Gasteiger partial charge in [-0.1, -0.05) is 200 Å². The largest absolute Gasteiger partial charge is 0.309 e. The Labute approximate surface area is 355 Å². The lowest BCUT2D eigenvalue weighted by Gasteiger charge is -2.12. The average Bonchev–Trinajstić information content (AvgIpc) is 3.69. The molecule has 286 valence electrons. The van der Waals surface area contributed by atoms with Crippen molar-refractivity contribution in [3.05, 3.63) is 237 Å². The fourth-order valence-electron chi connectivity index (χ4n) is 8.58. The summed E-state index contributed by atoms with van der Waals surface area (Å²) in [5, 5.41) is 2.47. The van der Waals surface area contributed by atoms with E-state index in [1.165, 1.54) is 55.2 Å². The van der Waals surface area contributed by atoms with Crippen LogP contribution in [0.2, 0.25) is 0 Å². The molecular formula is C58H39N3. The van der Waals surface area contributed by atoms with E-state index in [2.05, 4.69) is 217 Å². The molecule has 0 amide bonds. The summed E-state index contributed by atoms with van der Waals surface area (Å²) < 4.78 is 2.42. The van der Waals surface area contributed by atoms with Crippen molar-refractivity contribution in [1.29, 1.82) is 0 Å². The van der Waals surface area contributed by atoms with Gasteiger partial charge in [-0.15, -0.1) is 0 Å². The predicted octanol–water partition coefficient (Wildman–Crippen LogP) is 15.2. The Morgan fingerprint density at radius 2 is 0.721 bits per heavy atom. The molecule has 11 rings (SSSR count). The molecule has 0 aliphatic rings. The molecule has 11 aromatic rings. The summed E-state index contributed by atoms with van der Waals surface area (Å²) in [6.07, 6.45) is 0. The van der Waals surface area contributed by atoms with Gasteiger partial charge in [-0.05, 0) is 75.3 Å². The van der Waals surface area contributed by atoms with Crippen LogP contribution >= 0.6 is 0 Å². The first-order chi connectivity index (χ1) is 30.2. The second-order valence-corrected chi connectivity index (χ2v) is 15.4. The molecule has 0 unspecified atom stereocenters. The summed E-state index contributed by atoms with van der Waals surface area (Å²) in [5.74, 6) is 0.706. The number of nitrogens with zero attached hydrogens (tertiary/aromatic N) is 3. The number of aromatic nitrogens is 3. The van der Waals surface area contributed by atoms with E-state index < -0.39 is 0 Å². The van der Waals surface area contributed by atoms with E-state index in [-0.39, 0.29) is 0 Å². The van der Waals surface area contributed by atoms with Crippen LogP contribution < -0.4 is 0 Å². The number of benzene rings is 9. The van der Waals surface area contributed by atoms with Crippen molar-refractivity contribution < 1.29 is 0 Å². The van der Waals surface area contributed by atoms with E-state index in [1.807, 2.05) is 24.3 Å². The van der Waals surface area contributed by atoms with Crippen molar-refractivity contribution in [2.45, 2.75) is 0 Å². The fourth-order valence-corrected chi connectivity index (χ4v) is 8.58. The standard InChI is InChI=1S/C58H39N3/c1-5-15-40(16-6-1)41-27-31-44(32-28-41)54-39-55(60-58(59-54)46-19-9-3-10-20-46)45-33-29-42(30-34-45)47-21-13-22-48(37-47)49-35-36-56-53(38-49)52-26-14-25-51(43-17-7-2-8-18-43)57(52)61(56)50-23-11-4-12-24-50/h1-39H. The Balaban J connectivity index is 0.949. The first-order valence-corrected chi connectivity index (χ1v) is 20.7. The lowest BCUT2D eigenvalue weighted by atomic mass is 9.96. The van der Waals surface area contributed by atoms with Crippen molar-refractivity contribution in [3.63, 3.8) is 0 Å². The summed E-state index contributed by atoms with van der Waals surface area (Å²) in [7, 11) is 0. The van der Waals surface area contributed by atoms with Crippen molar-refractivity contribution >= 4 is 21.8 Å². The van der Waals surface area contributed by atoms with Gasteiger partial charge in [-0.2, -0.15) is 0 Å². The maximum absolute atomic E-state index is 5.10. The van der Waals surface area contributed by atoms with Crippen LogP contribution in [0.4, 0.5) is 0 Å². The van der Waals surface area contributed by atoms with Crippen LogP contribution in [0.5, 0.6) is 0 Å². The van der Waals surface area contributed by atoms with Crippen LogP contribution in [-0.2, 0) is 0 Å². The van der Waals surface area contributed by atoms with Crippen LogP contribution in [0.15, 0.2) is 237 Å². The van der Waals surface area contributed by atoms with Crippen molar-refractivity contribution in [1.82, 2.24) is 14.5 Å². The zero-order chi connectivity index (χ0) is 40.5. The van der Waals surface area contributed by atoms with Crippen LogP contribution in [0.1, 0.15) is 0 Å². The molecule has 3 nitrogen and oxygen atoms in total. The molecule has 0 aliphatic carbocycles. The Morgan fingerprint density at radius 1 is 0.279 bits per heavy atom. The molecule has 0 radical (unpaired) electrons. The molecule has 0 atom stereocenters. The first-order valence-electron chi connectivity index (χ1n) is 20.7. The number of fused-ring (bicyclic) bond motifs is 3. The van der Waals surface area contributed by atoms with Crippen LogP contribution in [0.3, 0.4) is 0 Å². The Kier molecular flexibility index (Phi) is 9.18. The summed E-state index contributed by atoms with van der Waals surface area (Å²) in [5.41, 5.74) is 17.9. The van der Waals surface area contributed by atoms with Gasteiger partial charge in [0, 0.05) is 38.7 Å². The van der Waals surface area contributed by atoms with Gasteiger partial charge in [0.1, 0.15) is 0 Å². The summed E-state index contributed by atoms with van der Waals surface area (Å²) >= 11 is 0. The normalized spacial score (nSPS) is 11.3. The highest BCUT2D eigenvalue weighted by Crippen LogP contribution is 2.40. The van der Waals surface area contributed by atoms with Crippen LogP contribution in [0.25, 0.3) is 106 Å². The molecule has 0 aliphatic heterocycles. The number of para-hydroxylation sites is 2. The summed E-state index contributed by atoms with van der Waals surface area (Å²) in [4.78, 5) is 10.2. The van der Waals surface area contributed by atoms with Crippen LogP contribution in [-0.4, -0.2) is 14.5 Å².